The lowest BCUT2D eigenvalue weighted by Gasteiger charge is -2.24. The van der Waals surface area contributed by atoms with Crippen LogP contribution in [0.4, 0.5) is 5.69 Å². The Labute approximate surface area is 157 Å². The van der Waals surface area contributed by atoms with E-state index in [4.69, 9.17) is 4.84 Å². The zero-order valence-electron chi connectivity index (χ0n) is 14.9. The van der Waals surface area contributed by atoms with E-state index >= 15 is 0 Å². The van der Waals surface area contributed by atoms with Crippen molar-refractivity contribution in [2.45, 2.75) is 25.1 Å². The van der Waals surface area contributed by atoms with Gasteiger partial charge in [0.1, 0.15) is 0 Å². The SMILES string of the molecule is Cc1ccc(N2O[C@H](c3ccccc3)[C@@H]([N+](=O)[O-])[C@@H]2c2ccccc2)cc1. The van der Waals surface area contributed by atoms with Crippen molar-refractivity contribution < 1.29 is 9.76 Å². The number of anilines is 1. The van der Waals surface area contributed by atoms with Gasteiger partial charge in [0.05, 0.1) is 5.69 Å². The van der Waals surface area contributed by atoms with Gasteiger partial charge < -0.3 is 0 Å². The van der Waals surface area contributed by atoms with E-state index in [1.807, 2.05) is 91.9 Å². The van der Waals surface area contributed by atoms with Crippen LogP contribution in [-0.2, 0) is 4.84 Å². The lowest BCUT2D eigenvalue weighted by Crippen LogP contribution is -2.32. The monoisotopic (exact) mass is 360 g/mol. The van der Waals surface area contributed by atoms with E-state index in [0.717, 1.165) is 22.4 Å². The highest BCUT2D eigenvalue weighted by Crippen LogP contribution is 2.45. The third kappa shape index (κ3) is 3.29. The molecule has 5 nitrogen and oxygen atoms in total. The Hall–Kier alpha value is -3.18. The molecule has 4 rings (SSSR count). The average molecular weight is 360 g/mol. The number of benzene rings is 3. The minimum Gasteiger partial charge on any atom is -0.264 e. The van der Waals surface area contributed by atoms with Crippen LogP contribution in [0.3, 0.4) is 0 Å². The highest BCUT2D eigenvalue weighted by molar-refractivity contribution is 5.49. The minimum atomic E-state index is -0.920. The quantitative estimate of drug-likeness (QED) is 0.492. The Morgan fingerprint density at radius 3 is 1.96 bits per heavy atom. The van der Waals surface area contributed by atoms with Gasteiger partial charge in [-0.1, -0.05) is 78.4 Å². The van der Waals surface area contributed by atoms with Gasteiger partial charge in [-0.15, -0.1) is 0 Å². The van der Waals surface area contributed by atoms with E-state index < -0.39 is 18.2 Å². The Morgan fingerprint density at radius 1 is 0.852 bits per heavy atom. The number of rotatable bonds is 4. The summed E-state index contributed by atoms with van der Waals surface area (Å²) in [4.78, 5) is 18.1. The van der Waals surface area contributed by atoms with Crippen molar-refractivity contribution in [3.63, 3.8) is 0 Å². The molecular formula is C22H20N2O3. The molecular weight excluding hydrogens is 340 g/mol. The van der Waals surface area contributed by atoms with E-state index in [1.54, 1.807) is 5.06 Å². The third-order valence-electron chi connectivity index (χ3n) is 4.91. The first-order chi connectivity index (χ1) is 13.1. The highest BCUT2D eigenvalue weighted by Gasteiger charge is 2.53. The maximum Gasteiger partial charge on any atom is 0.272 e. The van der Waals surface area contributed by atoms with Crippen LogP contribution in [0.25, 0.3) is 0 Å². The highest BCUT2D eigenvalue weighted by atomic mass is 16.7. The molecule has 0 bridgehead atoms. The fourth-order valence-corrected chi connectivity index (χ4v) is 3.58. The number of aryl methyl sites for hydroxylation is 1. The van der Waals surface area contributed by atoms with Gasteiger partial charge in [-0.05, 0) is 30.2 Å². The second kappa shape index (κ2) is 7.21. The van der Waals surface area contributed by atoms with Crippen LogP contribution >= 0.6 is 0 Å². The second-order valence-electron chi connectivity index (χ2n) is 6.73. The minimum absolute atomic E-state index is 0.219. The molecule has 3 aromatic carbocycles. The first-order valence-corrected chi connectivity index (χ1v) is 8.91. The van der Waals surface area contributed by atoms with Gasteiger partial charge in [-0.2, -0.15) is 0 Å². The van der Waals surface area contributed by atoms with Gasteiger partial charge in [-0.3, -0.25) is 15.0 Å². The van der Waals surface area contributed by atoms with Crippen molar-refractivity contribution in [1.82, 2.24) is 0 Å². The summed E-state index contributed by atoms with van der Waals surface area (Å²) >= 11 is 0. The predicted octanol–water partition coefficient (Wildman–Crippen LogP) is 4.87. The van der Waals surface area contributed by atoms with Gasteiger partial charge >= 0.3 is 0 Å². The number of hydroxylamine groups is 1. The van der Waals surface area contributed by atoms with Crippen LogP contribution in [0.2, 0.25) is 0 Å². The van der Waals surface area contributed by atoms with E-state index in [0.29, 0.717) is 0 Å². The number of nitrogens with zero attached hydrogens (tertiary/aromatic N) is 2. The van der Waals surface area contributed by atoms with E-state index in [-0.39, 0.29) is 4.92 Å². The molecule has 0 aliphatic carbocycles. The Bertz CT molecular complexity index is 913. The number of hydrogen-bond acceptors (Lipinski definition) is 4. The Balaban J connectivity index is 1.83. The fraction of sp³-hybridized carbons (Fsp3) is 0.182. The first-order valence-electron chi connectivity index (χ1n) is 8.91. The molecule has 3 atom stereocenters. The van der Waals surface area contributed by atoms with Crippen LogP contribution < -0.4 is 5.06 Å². The molecule has 136 valence electrons. The molecule has 27 heavy (non-hydrogen) atoms. The summed E-state index contributed by atoms with van der Waals surface area (Å²) in [5, 5.41) is 13.8. The predicted molar refractivity (Wildman–Crippen MR) is 104 cm³/mol. The summed E-state index contributed by atoms with van der Waals surface area (Å²) in [6, 6.07) is 25.3. The maximum atomic E-state index is 12.1. The van der Waals surface area contributed by atoms with Crippen molar-refractivity contribution in [2.75, 3.05) is 5.06 Å². The molecule has 3 aromatic rings. The van der Waals surface area contributed by atoms with Crippen molar-refractivity contribution in [3.05, 3.63) is 112 Å². The van der Waals surface area contributed by atoms with Crippen LogP contribution in [-0.4, -0.2) is 11.0 Å². The van der Waals surface area contributed by atoms with Gasteiger partial charge in [0.2, 0.25) is 0 Å². The van der Waals surface area contributed by atoms with E-state index in [9.17, 15) is 10.1 Å². The lowest BCUT2D eigenvalue weighted by molar-refractivity contribution is -0.531. The van der Waals surface area contributed by atoms with E-state index in [1.165, 1.54) is 0 Å². The standard InChI is InChI=1S/C22H20N2O3/c1-16-12-14-19(15-13-16)23-20(17-8-4-2-5-9-17)21(24(25)26)22(27-23)18-10-6-3-7-11-18/h2-15,20-22H,1H3/t20-,21-,22+/m0/s1. The lowest BCUT2D eigenvalue weighted by atomic mass is 9.93. The van der Waals surface area contributed by atoms with Gasteiger partial charge in [0.25, 0.3) is 6.04 Å². The summed E-state index contributed by atoms with van der Waals surface area (Å²) in [5.74, 6) is 0. The molecule has 0 aromatic heterocycles. The van der Waals surface area contributed by atoms with Crippen molar-refractivity contribution in [1.29, 1.82) is 0 Å². The van der Waals surface area contributed by atoms with Gasteiger partial charge in [-0.25, -0.2) is 5.06 Å². The third-order valence-corrected chi connectivity index (χ3v) is 4.91. The molecule has 1 aliphatic rings. The Kier molecular flexibility index (Phi) is 4.60. The van der Waals surface area contributed by atoms with E-state index in [2.05, 4.69) is 0 Å². The number of nitro groups is 1. The van der Waals surface area contributed by atoms with Crippen LogP contribution in [0.15, 0.2) is 84.9 Å². The van der Waals surface area contributed by atoms with Crippen LogP contribution in [0.1, 0.15) is 28.8 Å². The van der Waals surface area contributed by atoms with Crippen LogP contribution in [0, 0.1) is 17.0 Å². The molecule has 0 N–H and O–H groups in total. The zero-order chi connectivity index (χ0) is 18.8. The number of hydrogen-bond donors (Lipinski definition) is 0. The molecule has 0 amide bonds. The normalized spacial score (nSPS) is 22.0. The molecule has 5 heteroatoms. The first kappa shape index (κ1) is 17.2. The molecule has 0 unspecified atom stereocenters. The summed E-state index contributed by atoms with van der Waals surface area (Å²) in [6.07, 6.45) is -0.660. The molecule has 1 heterocycles. The molecule has 1 aliphatic heterocycles. The molecule has 1 fully saturated rings. The fourth-order valence-electron chi connectivity index (χ4n) is 3.58. The zero-order valence-corrected chi connectivity index (χ0v) is 14.9. The maximum absolute atomic E-state index is 12.1. The molecule has 0 radical (unpaired) electrons. The van der Waals surface area contributed by atoms with Crippen LogP contribution in [0.5, 0.6) is 0 Å². The van der Waals surface area contributed by atoms with Crippen molar-refractivity contribution >= 4 is 5.69 Å². The van der Waals surface area contributed by atoms with Crippen molar-refractivity contribution in [3.8, 4) is 0 Å². The summed E-state index contributed by atoms with van der Waals surface area (Å²) in [6.45, 7) is 2.01. The molecule has 1 saturated heterocycles. The largest absolute Gasteiger partial charge is 0.272 e. The van der Waals surface area contributed by atoms with Crippen molar-refractivity contribution in [2.24, 2.45) is 0 Å². The topological polar surface area (TPSA) is 55.6 Å². The summed E-state index contributed by atoms with van der Waals surface area (Å²) < 4.78 is 0. The molecule has 0 spiro atoms. The molecule has 0 saturated carbocycles. The Morgan fingerprint density at radius 2 is 1.41 bits per heavy atom. The average Bonchev–Trinajstić information content (AvgIpc) is 3.11. The van der Waals surface area contributed by atoms with Gasteiger partial charge in [0.15, 0.2) is 12.1 Å². The van der Waals surface area contributed by atoms with Gasteiger partial charge in [0, 0.05) is 4.92 Å². The second-order valence-corrected chi connectivity index (χ2v) is 6.73. The summed E-state index contributed by atoms with van der Waals surface area (Å²) in [7, 11) is 0. The smallest absolute Gasteiger partial charge is 0.264 e. The summed E-state index contributed by atoms with van der Waals surface area (Å²) in [5.41, 5.74) is 3.59.